The first kappa shape index (κ1) is 19.5. The molecule has 27 heavy (non-hydrogen) atoms. The molecule has 1 N–H and O–H groups in total. The van der Waals surface area contributed by atoms with Crippen molar-refractivity contribution in [3.63, 3.8) is 0 Å². The number of nitrogens with one attached hydrogen (secondary N) is 1. The molecule has 0 saturated carbocycles. The number of hydrogen-bond donors (Lipinski definition) is 1. The third-order valence-electron chi connectivity index (χ3n) is 5.41. The van der Waals surface area contributed by atoms with Gasteiger partial charge in [-0.25, -0.2) is 4.68 Å². The SMILES string of the molecule is CC1CCCN(C(C)(C)CNC(=O)CCn2nnc3ccccc3c2=O)C1. The van der Waals surface area contributed by atoms with Crippen LogP contribution in [0.25, 0.3) is 10.9 Å². The van der Waals surface area contributed by atoms with E-state index in [4.69, 9.17) is 0 Å². The highest BCUT2D eigenvalue weighted by Gasteiger charge is 2.30. The molecule has 7 heteroatoms. The summed E-state index contributed by atoms with van der Waals surface area (Å²) in [5, 5.41) is 11.5. The van der Waals surface area contributed by atoms with Crippen LogP contribution >= 0.6 is 0 Å². The van der Waals surface area contributed by atoms with Crippen molar-refractivity contribution in [3.8, 4) is 0 Å². The lowest BCUT2D eigenvalue weighted by Crippen LogP contribution is -2.54. The summed E-state index contributed by atoms with van der Waals surface area (Å²) in [6.45, 7) is 9.60. The van der Waals surface area contributed by atoms with Gasteiger partial charge in [0.2, 0.25) is 5.91 Å². The van der Waals surface area contributed by atoms with E-state index in [9.17, 15) is 9.59 Å². The molecule has 3 rings (SSSR count). The van der Waals surface area contributed by atoms with Crippen molar-refractivity contribution < 1.29 is 4.79 Å². The van der Waals surface area contributed by atoms with Crippen molar-refractivity contribution in [2.24, 2.45) is 5.92 Å². The molecule has 1 atom stereocenters. The predicted octanol–water partition coefficient (Wildman–Crippen LogP) is 1.81. The molecule has 1 aromatic carbocycles. The van der Waals surface area contributed by atoms with E-state index < -0.39 is 0 Å². The summed E-state index contributed by atoms with van der Waals surface area (Å²) in [5.74, 6) is 0.627. The van der Waals surface area contributed by atoms with Crippen molar-refractivity contribution in [1.82, 2.24) is 25.2 Å². The summed E-state index contributed by atoms with van der Waals surface area (Å²) in [6.07, 6.45) is 2.70. The Morgan fingerprint density at radius 1 is 1.33 bits per heavy atom. The fraction of sp³-hybridized carbons (Fsp3) is 0.600. The molecule has 146 valence electrons. The lowest BCUT2D eigenvalue weighted by molar-refractivity contribution is -0.122. The van der Waals surface area contributed by atoms with Crippen molar-refractivity contribution >= 4 is 16.8 Å². The number of rotatable bonds is 6. The largest absolute Gasteiger partial charge is 0.354 e. The van der Waals surface area contributed by atoms with Gasteiger partial charge in [0.05, 0.1) is 11.9 Å². The molecule has 0 radical (unpaired) electrons. The molecule has 2 heterocycles. The Labute approximate surface area is 159 Å². The van der Waals surface area contributed by atoms with Gasteiger partial charge >= 0.3 is 0 Å². The van der Waals surface area contributed by atoms with Crippen molar-refractivity contribution in [2.45, 2.75) is 52.1 Å². The lowest BCUT2D eigenvalue weighted by Gasteiger charge is -2.43. The molecule has 0 bridgehead atoms. The van der Waals surface area contributed by atoms with E-state index in [1.807, 2.05) is 6.07 Å². The van der Waals surface area contributed by atoms with Crippen LogP contribution in [0.3, 0.4) is 0 Å². The number of carbonyl (C=O) groups excluding carboxylic acids is 1. The number of likely N-dealkylation sites (tertiary alicyclic amines) is 1. The third kappa shape index (κ3) is 4.71. The highest BCUT2D eigenvalue weighted by molar-refractivity contribution is 5.77. The summed E-state index contributed by atoms with van der Waals surface area (Å²) in [7, 11) is 0. The summed E-state index contributed by atoms with van der Waals surface area (Å²) < 4.78 is 1.26. The fourth-order valence-corrected chi connectivity index (χ4v) is 3.63. The molecule has 1 unspecified atom stereocenters. The van der Waals surface area contributed by atoms with Gasteiger partial charge in [0.25, 0.3) is 5.56 Å². The first-order valence-electron chi connectivity index (χ1n) is 9.71. The number of nitrogens with zero attached hydrogens (tertiary/aromatic N) is 4. The van der Waals surface area contributed by atoms with Gasteiger partial charge < -0.3 is 5.32 Å². The number of piperidine rings is 1. The highest BCUT2D eigenvalue weighted by Crippen LogP contribution is 2.23. The van der Waals surface area contributed by atoms with E-state index in [-0.39, 0.29) is 30.0 Å². The molecule has 1 fully saturated rings. The maximum absolute atomic E-state index is 12.4. The van der Waals surface area contributed by atoms with E-state index in [0.29, 0.717) is 23.4 Å². The average molecular weight is 371 g/mol. The number of aryl methyl sites for hydroxylation is 1. The van der Waals surface area contributed by atoms with Gasteiger partial charge in [0.1, 0.15) is 5.52 Å². The van der Waals surface area contributed by atoms with Crippen LogP contribution in [0.1, 0.15) is 40.0 Å². The molecule has 1 aromatic heterocycles. The molecule has 1 aliphatic heterocycles. The van der Waals surface area contributed by atoms with Crippen LogP contribution in [0.2, 0.25) is 0 Å². The zero-order valence-electron chi connectivity index (χ0n) is 16.4. The first-order chi connectivity index (χ1) is 12.9. The Morgan fingerprint density at radius 2 is 2.11 bits per heavy atom. The smallest absolute Gasteiger partial charge is 0.277 e. The molecule has 1 aliphatic rings. The summed E-state index contributed by atoms with van der Waals surface area (Å²) >= 11 is 0. The Hall–Kier alpha value is -2.28. The van der Waals surface area contributed by atoms with Crippen LogP contribution in [-0.4, -0.2) is 51.0 Å². The summed E-state index contributed by atoms with van der Waals surface area (Å²) in [5.41, 5.74) is 0.279. The second-order valence-corrected chi connectivity index (χ2v) is 8.17. The maximum atomic E-state index is 12.4. The normalized spacial score (nSPS) is 18.6. The minimum atomic E-state index is -0.212. The Bertz CT molecular complexity index is 861. The predicted molar refractivity (Wildman–Crippen MR) is 105 cm³/mol. The number of fused-ring (bicyclic) bond motifs is 1. The molecule has 0 aliphatic carbocycles. The summed E-state index contributed by atoms with van der Waals surface area (Å²) in [6, 6.07) is 7.10. The van der Waals surface area contributed by atoms with Crippen LogP contribution in [-0.2, 0) is 11.3 Å². The Morgan fingerprint density at radius 3 is 2.89 bits per heavy atom. The highest BCUT2D eigenvalue weighted by atomic mass is 16.2. The second-order valence-electron chi connectivity index (χ2n) is 8.17. The monoisotopic (exact) mass is 371 g/mol. The number of benzene rings is 1. The Kier molecular flexibility index (Phi) is 5.89. The topological polar surface area (TPSA) is 80.1 Å². The second kappa shape index (κ2) is 8.17. The van der Waals surface area contributed by atoms with E-state index in [1.54, 1.807) is 18.2 Å². The van der Waals surface area contributed by atoms with E-state index in [0.717, 1.165) is 13.1 Å². The van der Waals surface area contributed by atoms with Crippen molar-refractivity contribution in [2.75, 3.05) is 19.6 Å². The van der Waals surface area contributed by atoms with Crippen LogP contribution < -0.4 is 10.9 Å². The molecule has 2 aromatic rings. The first-order valence-corrected chi connectivity index (χ1v) is 9.71. The molecule has 1 amide bonds. The van der Waals surface area contributed by atoms with Crippen LogP contribution in [0, 0.1) is 5.92 Å². The quantitative estimate of drug-likeness (QED) is 0.838. The standard InChI is InChI=1S/C20H29N5O2/c1-15-7-6-11-24(13-15)20(2,3)14-21-18(26)10-12-25-19(27)16-8-4-5-9-17(16)22-23-25/h4-5,8-9,15H,6-7,10-14H2,1-3H3,(H,21,26). The third-order valence-corrected chi connectivity index (χ3v) is 5.41. The molecular weight excluding hydrogens is 342 g/mol. The number of hydrogen-bond acceptors (Lipinski definition) is 5. The van der Waals surface area contributed by atoms with Gasteiger partial charge in [-0.2, -0.15) is 0 Å². The van der Waals surface area contributed by atoms with Gasteiger partial charge in [-0.3, -0.25) is 14.5 Å². The minimum Gasteiger partial charge on any atom is -0.354 e. The maximum Gasteiger partial charge on any atom is 0.277 e. The minimum absolute atomic E-state index is 0.0741. The molecular formula is C20H29N5O2. The van der Waals surface area contributed by atoms with Crippen LogP contribution in [0.4, 0.5) is 0 Å². The van der Waals surface area contributed by atoms with E-state index in [2.05, 4.69) is 41.3 Å². The summed E-state index contributed by atoms with van der Waals surface area (Å²) in [4.78, 5) is 27.2. The number of aromatic nitrogens is 3. The lowest BCUT2D eigenvalue weighted by atomic mass is 9.93. The van der Waals surface area contributed by atoms with Crippen LogP contribution in [0.15, 0.2) is 29.1 Å². The molecule has 1 saturated heterocycles. The number of carbonyl (C=O) groups is 1. The van der Waals surface area contributed by atoms with Crippen molar-refractivity contribution in [1.29, 1.82) is 0 Å². The average Bonchev–Trinajstić information content (AvgIpc) is 2.66. The van der Waals surface area contributed by atoms with Gasteiger partial charge in [0.15, 0.2) is 0 Å². The zero-order chi connectivity index (χ0) is 19.4. The van der Waals surface area contributed by atoms with Gasteiger partial charge in [-0.1, -0.05) is 24.3 Å². The van der Waals surface area contributed by atoms with Crippen molar-refractivity contribution in [3.05, 3.63) is 34.6 Å². The van der Waals surface area contributed by atoms with Gasteiger partial charge in [-0.05, 0) is 51.3 Å². The van der Waals surface area contributed by atoms with Gasteiger partial charge in [0, 0.05) is 25.0 Å². The number of amides is 1. The molecule has 7 nitrogen and oxygen atoms in total. The van der Waals surface area contributed by atoms with Gasteiger partial charge in [-0.15, -0.1) is 5.10 Å². The van der Waals surface area contributed by atoms with Crippen LogP contribution in [0.5, 0.6) is 0 Å². The van der Waals surface area contributed by atoms with E-state index in [1.165, 1.54) is 17.5 Å². The fourth-order valence-electron chi connectivity index (χ4n) is 3.63. The molecule has 0 spiro atoms. The Balaban J connectivity index is 1.54. The zero-order valence-corrected chi connectivity index (χ0v) is 16.4. The van der Waals surface area contributed by atoms with E-state index >= 15 is 0 Å².